The van der Waals surface area contributed by atoms with Crippen LogP contribution in [0.1, 0.15) is 42.2 Å². The van der Waals surface area contributed by atoms with E-state index in [0.29, 0.717) is 24.4 Å². The summed E-state index contributed by atoms with van der Waals surface area (Å²) in [7, 11) is -2.15. The summed E-state index contributed by atoms with van der Waals surface area (Å²) in [5, 5.41) is 0.114. The minimum Gasteiger partial charge on any atom is -0.345 e. The van der Waals surface area contributed by atoms with Crippen molar-refractivity contribution in [3.05, 3.63) is 41.7 Å². The van der Waals surface area contributed by atoms with Gasteiger partial charge in [-0.2, -0.15) is 17.5 Å². The van der Waals surface area contributed by atoms with Gasteiger partial charge in [-0.15, -0.1) is 11.8 Å². The van der Waals surface area contributed by atoms with Crippen LogP contribution in [0.15, 0.2) is 40.3 Å². The highest BCUT2D eigenvalue weighted by atomic mass is 32.2. The van der Waals surface area contributed by atoms with E-state index in [1.54, 1.807) is 7.05 Å². The van der Waals surface area contributed by atoms with E-state index in [9.17, 15) is 26.4 Å². The summed E-state index contributed by atoms with van der Waals surface area (Å²) in [5.41, 5.74) is -0.511. The number of anilines is 1. The molecule has 1 saturated heterocycles. The summed E-state index contributed by atoms with van der Waals surface area (Å²) < 4.78 is 68.7. The summed E-state index contributed by atoms with van der Waals surface area (Å²) in [6, 6.07) is 4.75. The maximum atomic E-state index is 13.5. The lowest BCUT2D eigenvalue weighted by Crippen LogP contribution is -2.33. The quantitative estimate of drug-likeness (QED) is 0.646. The number of nitrogens with zero attached hydrogens (tertiary/aromatic N) is 3. The van der Waals surface area contributed by atoms with E-state index in [1.165, 1.54) is 43.9 Å². The zero-order chi connectivity index (χ0) is 23.3. The van der Waals surface area contributed by atoms with Crippen molar-refractivity contribution in [1.29, 1.82) is 0 Å². The van der Waals surface area contributed by atoms with Gasteiger partial charge >= 0.3 is 6.18 Å². The second-order valence-corrected chi connectivity index (χ2v) is 11.6. The molecular weight excluding hydrogens is 463 g/mol. The molecule has 2 aliphatic rings. The minimum absolute atomic E-state index is 0.0204. The van der Waals surface area contributed by atoms with E-state index in [4.69, 9.17) is 0 Å². The van der Waals surface area contributed by atoms with Crippen LogP contribution in [0.25, 0.3) is 0 Å². The Hall–Kier alpha value is -1.98. The van der Waals surface area contributed by atoms with Gasteiger partial charge in [-0.3, -0.25) is 4.79 Å². The van der Waals surface area contributed by atoms with Crippen LogP contribution in [-0.2, 0) is 23.2 Å². The number of thioether (sulfide) groups is 1. The zero-order valence-electron chi connectivity index (χ0n) is 17.7. The molecule has 2 aliphatic heterocycles. The minimum atomic E-state index is -4.53. The average molecular weight is 488 g/mol. The Morgan fingerprint density at radius 1 is 1.12 bits per heavy atom. The lowest BCUT2D eigenvalue weighted by molar-refractivity contribution is -0.137. The third-order valence-corrected chi connectivity index (χ3v) is 8.91. The lowest BCUT2D eigenvalue weighted by Gasteiger charge is -2.24. The predicted octanol–water partition coefficient (Wildman–Crippen LogP) is 4.36. The fourth-order valence-electron chi connectivity index (χ4n) is 4.03. The first kappa shape index (κ1) is 23.2. The van der Waals surface area contributed by atoms with Crippen molar-refractivity contribution in [3.8, 4) is 0 Å². The molecule has 0 radical (unpaired) electrons. The number of aryl methyl sites for hydroxylation is 1. The molecule has 1 atom stereocenters. The van der Waals surface area contributed by atoms with Gasteiger partial charge in [0.1, 0.15) is 10.6 Å². The number of hydrogen-bond acceptors (Lipinski definition) is 4. The van der Waals surface area contributed by atoms with Crippen LogP contribution >= 0.6 is 11.8 Å². The normalized spacial score (nSPS) is 20.3. The first-order valence-electron chi connectivity index (χ1n) is 10.3. The lowest BCUT2D eigenvalue weighted by atomic mass is 10.1. The zero-order valence-corrected chi connectivity index (χ0v) is 19.4. The number of fused-ring (bicyclic) bond motifs is 1. The molecule has 0 aliphatic carbocycles. The van der Waals surface area contributed by atoms with Gasteiger partial charge in [-0.05, 0) is 43.5 Å². The number of rotatable bonds is 3. The monoisotopic (exact) mass is 487 g/mol. The Kier molecular flexibility index (Phi) is 6.10. The van der Waals surface area contributed by atoms with E-state index in [2.05, 4.69) is 0 Å². The summed E-state index contributed by atoms with van der Waals surface area (Å²) in [4.78, 5) is 15.4. The SMILES string of the molecule is CC1CCN(C(=O)c2cc(S(=O)(=O)N3CCCC3)cn2C)c2cc(C(F)(F)F)ccc2S1. The molecule has 32 heavy (non-hydrogen) atoms. The van der Waals surface area contributed by atoms with Gasteiger partial charge in [-0.25, -0.2) is 8.42 Å². The highest BCUT2D eigenvalue weighted by molar-refractivity contribution is 8.00. The molecule has 0 N–H and O–H groups in total. The molecule has 0 bridgehead atoms. The molecule has 1 fully saturated rings. The average Bonchev–Trinajstić information content (AvgIpc) is 3.35. The summed E-state index contributed by atoms with van der Waals surface area (Å²) in [6.45, 7) is 3.08. The van der Waals surface area contributed by atoms with Crippen molar-refractivity contribution >= 4 is 33.4 Å². The van der Waals surface area contributed by atoms with Crippen LogP contribution in [0.5, 0.6) is 0 Å². The highest BCUT2D eigenvalue weighted by Crippen LogP contribution is 2.41. The van der Waals surface area contributed by atoms with Crippen LogP contribution in [0.2, 0.25) is 0 Å². The molecule has 1 amide bonds. The summed E-state index contributed by atoms with van der Waals surface area (Å²) in [6.07, 6.45) is -0.965. The molecule has 1 unspecified atom stereocenters. The maximum absolute atomic E-state index is 13.5. The fraction of sp³-hybridized carbons (Fsp3) is 0.476. The number of carbonyl (C=O) groups excluding carboxylic acids is 1. The van der Waals surface area contributed by atoms with E-state index < -0.39 is 27.7 Å². The van der Waals surface area contributed by atoms with Gasteiger partial charge in [0, 0.05) is 43.0 Å². The van der Waals surface area contributed by atoms with Crippen LogP contribution in [-0.4, -0.2) is 48.1 Å². The van der Waals surface area contributed by atoms with Gasteiger partial charge in [0.25, 0.3) is 5.91 Å². The van der Waals surface area contributed by atoms with Crippen LogP contribution < -0.4 is 4.90 Å². The summed E-state index contributed by atoms with van der Waals surface area (Å²) in [5.74, 6) is -0.523. The second-order valence-electron chi connectivity index (χ2n) is 8.14. The van der Waals surface area contributed by atoms with Crippen molar-refractivity contribution < 1.29 is 26.4 Å². The molecule has 4 rings (SSSR count). The van der Waals surface area contributed by atoms with Crippen molar-refractivity contribution in [2.75, 3.05) is 24.5 Å². The standard InChI is InChI=1S/C21H24F3N3O3S2/c1-14-7-10-27(17-11-15(21(22,23)24)5-6-19(17)31-14)20(28)18-12-16(13-25(18)2)32(29,30)26-8-3-4-9-26/h5-6,11-14H,3-4,7-10H2,1-2H3. The highest BCUT2D eigenvalue weighted by Gasteiger charge is 2.35. The third-order valence-electron chi connectivity index (χ3n) is 5.81. The van der Waals surface area contributed by atoms with Gasteiger partial charge in [0.05, 0.1) is 11.3 Å². The summed E-state index contributed by atoms with van der Waals surface area (Å²) >= 11 is 1.43. The van der Waals surface area contributed by atoms with Gasteiger partial charge < -0.3 is 9.47 Å². The van der Waals surface area contributed by atoms with Crippen molar-refractivity contribution in [3.63, 3.8) is 0 Å². The molecule has 11 heteroatoms. The Morgan fingerprint density at radius 3 is 2.47 bits per heavy atom. The van der Waals surface area contributed by atoms with Crippen LogP contribution in [0.4, 0.5) is 18.9 Å². The molecule has 0 spiro atoms. The number of carbonyl (C=O) groups is 1. The Morgan fingerprint density at radius 2 is 1.81 bits per heavy atom. The molecule has 6 nitrogen and oxygen atoms in total. The molecule has 1 aromatic heterocycles. The largest absolute Gasteiger partial charge is 0.416 e. The second kappa shape index (κ2) is 8.42. The predicted molar refractivity (Wildman–Crippen MR) is 116 cm³/mol. The van der Waals surface area contributed by atoms with Gasteiger partial charge in [-0.1, -0.05) is 6.92 Å². The maximum Gasteiger partial charge on any atom is 0.416 e. The number of sulfonamides is 1. The van der Waals surface area contributed by atoms with Crippen LogP contribution in [0, 0.1) is 0 Å². The number of benzene rings is 1. The van der Waals surface area contributed by atoms with Crippen LogP contribution in [0.3, 0.4) is 0 Å². The molecule has 2 aromatic rings. The van der Waals surface area contributed by atoms with Crippen molar-refractivity contribution in [2.24, 2.45) is 7.05 Å². The fourth-order valence-corrected chi connectivity index (χ4v) is 6.71. The molecule has 0 saturated carbocycles. The first-order valence-corrected chi connectivity index (χ1v) is 12.7. The topological polar surface area (TPSA) is 62.6 Å². The van der Waals surface area contributed by atoms with Gasteiger partial charge in [0.2, 0.25) is 10.0 Å². The van der Waals surface area contributed by atoms with Crippen molar-refractivity contribution in [2.45, 2.75) is 47.4 Å². The third kappa shape index (κ3) is 4.29. The number of halogens is 3. The molecule has 3 heterocycles. The van der Waals surface area contributed by atoms with E-state index in [-0.39, 0.29) is 28.1 Å². The number of hydrogen-bond donors (Lipinski definition) is 0. The Labute approximate surface area is 189 Å². The first-order chi connectivity index (χ1) is 15.0. The van der Waals surface area contributed by atoms with Crippen molar-refractivity contribution in [1.82, 2.24) is 8.87 Å². The molecule has 174 valence electrons. The Balaban J connectivity index is 1.73. The Bertz CT molecular complexity index is 1140. The molecular formula is C21H24F3N3O3S2. The molecule has 1 aromatic carbocycles. The van der Waals surface area contributed by atoms with E-state index >= 15 is 0 Å². The number of alkyl halides is 3. The smallest absolute Gasteiger partial charge is 0.345 e. The van der Waals surface area contributed by atoms with E-state index in [0.717, 1.165) is 25.0 Å². The number of amides is 1. The van der Waals surface area contributed by atoms with Gasteiger partial charge in [0.15, 0.2) is 0 Å². The number of aromatic nitrogens is 1. The van der Waals surface area contributed by atoms with E-state index in [1.807, 2.05) is 6.92 Å².